The Balaban J connectivity index is 1.47. The number of nitrogens with zero attached hydrogens (tertiary/aromatic N) is 4. The van der Waals surface area contributed by atoms with E-state index in [0.717, 1.165) is 96.5 Å². The van der Waals surface area contributed by atoms with Crippen LogP contribution in [0.1, 0.15) is 33.9 Å². The molecule has 0 atom stereocenters. The number of hydrogen-bond donors (Lipinski definition) is 2. The minimum absolute atomic E-state index is 0.595. The molecule has 0 spiro atoms. The molecule has 5 heterocycles. The van der Waals surface area contributed by atoms with E-state index in [1.54, 1.807) is 0 Å². The minimum Gasteiger partial charge on any atom is -0.354 e. The molecule has 0 radical (unpaired) electrons. The number of H-pyrrole nitrogens is 2. The van der Waals surface area contributed by atoms with Gasteiger partial charge in [-0.2, -0.15) is 10.5 Å². The number of halogens is 2. The number of benzene rings is 4. The van der Waals surface area contributed by atoms with Gasteiger partial charge in [0.25, 0.3) is 0 Å². The molecule has 0 fully saturated rings. The van der Waals surface area contributed by atoms with E-state index in [2.05, 4.69) is 164 Å². The maximum absolute atomic E-state index is 9.59. The lowest BCUT2D eigenvalue weighted by Crippen LogP contribution is -1.90. The molecule has 0 aliphatic carbocycles. The minimum atomic E-state index is 0.595. The van der Waals surface area contributed by atoms with Gasteiger partial charge in [0.1, 0.15) is 0 Å². The molecule has 2 aliphatic rings. The van der Waals surface area contributed by atoms with Crippen LogP contribution in [0, 0.1) is 29.8 Å². The summed E-state index contributed by atoms with van der Waals surface area (Å²) in [6, 6.07) is 45.1. The second-order valence-corrected chi connectivity index (χ2v) is 15.4. The third-order valence-electron chi connectivity index (χ3n) is 9.59. The van der Waals surface area contributed by atoms with Gasteiger partial charge < -0.3 is 9.97 Å². The van der Waals surface area contributed by atoms with Gasteiger partial charge in [-0.15, -0.1) is 0 Å². The molecule has 0 saturated carbocycles. The van der Waals surface area contributed by atoms with Gasteiger partial charge >= 0.3 is 0 Å². The number of fused-ring (bicyclic) bond motifs is 8. The largest absolute Gasteiger partial charge is 0.354 e. The van der Waals surface area contributed by atoms with Gasteiger partial charge in [0.05, 0.1) is 46.0 Å². The van der Waals surface area contributed by atoms with Gasteiger partial charge in [-0.05, 0) is 165 Å². The smallest absolute Gasteiger partial charge is 0.0991 e. The Morgan fingerprint density at radius 2 is 0.741 bits per heavy atom. The molecule has 0 unspecified atom stereocenters. The Morgan fingerprint density at radius 1 is 0.407 bits per heavy atom. The SMILES string of the molecule is N#Cc1ccc(-c2c3nc(c(-c4cccc(I)c4)c4ccc([nH]4)c(-c4ccc(C#N)cc4)c4nc(c(-c5cccc(I)c5)c5ccc2[nH]5)C=C4)C=C3)cc1. The van der Waals surface area contributed by atoms with Crippen molar-refractivity contribution in [3.63, 3.8) is 0 Å². The van der Waals surface area contributed by atoms with Crippen LogP contribution in [0.4, 0.5) is 0 Å². The summed E-state index contributed by atoms with van der Waals surface area (Å²) in [7, 11) is 0. The quantitative estimate of drug-likeness (QED) is 0.172. The van der Waals surface area contributed by atoms with Crippen molar-refractivity contribution in [2.75, 3.05) is 0 Å². The second-order valence-electron chi connectivity index (χ2n) is 12.9. The van der Waals surface area contributed by atoms with Crippen molar-refractivity contribution >= 4 is 91.6 Å². The van der Waals surface area contributed by atoms with E-state index in [0.29, 0.717) is 11.1 Å². The van der Waals surface area contributed by atoms with Crippen molar-refractivity contribution in [2.24, 2.45) is 0 Å². The zero-order chi connectivity index (χ0) is 36.8. The molecule has 7 aromatic rings. The number of rotatable bonds is 4. The van der Waals surface area contributed by atoms with Crippen LogP contribution in [-0.4, -0.2) is 19.9 Å². The van der Waals surface area contributed by atoms with Gasteiger partial charge in [-0.1, -0.05) is 48.5 Å². The Bertz CT molecular complexity index is 2770. The standard InChI is InChI=1S/C46H26I2N6/c47-33-5-1-3-31(23-33)45-39-19-15-35(51-39)43(29-11-7-27(25-49)8-12-29)37-17-21-41(53-37)46(32-4-2-6-34(48)24-32)42-22-18-38(54-42)44(36-16-20-40(45)52-36)30-13-9-28(26-50)10-14-30/h1-24,51,54H. The molecule has 8 bridgehead atoms. The van der Waals surface area contributed by atoms with Crippen LogP contribution in [0.5, 0.6) is 0 Å². The molecular weight excluding hydrogens is 890 g/mol. The van der Waals surface area contributed by atoms with Crippen LogP contribution in [0.3, 0.4) is 0 Å². The second kappa shape index (κ2) is 14.0. The Morgan fingerprint density at radius 3 is 1.06 bits per heavy atom. The molecule has 9 rings (SSSR count). The van der Waals surface area contributed by atoms with Gasteiger partial charge in [0.15, 0.2) is 0 Å². The molecule has 2 N–H and O–H groups in total. The average Bonchev–Trinajstić information content (AvgIpc) is 4.03. The fourth-order valence-electron chi connectivity index (χ4n) is 7.13. The van der Waals surface area contributed by atoms with Gasteiger partial charge in [0.2, 0.25) is 0 Å². The predicted octanol–water partition coefficient (Wildman–Crippen LogP) is 12.3. The molecule has 8 heteroatoms. The molecule has 254 valence electrons. The van der Waals surface area contributed by atoms with Crippen LogP contribution in [0.25, 0.3) is 90.9 Å². The van der Waals surface area contributed by atoms with E-state index in [9.17, 15) is 10.5 Å². The van der Waals surface area contributed by atoms with Crippen LogP contribution >= 0.6 is 45.2 Å². The highest BCUT2D eigenvalue weighted by Gasteiger charge is 2.19. The number of nitriles is 2. The fourth-order valence-corrected chi connectivity index (χ4v) is 8.22. The first-order chi connectivity index (χ1) is 26.4. The molecule has 0 saturated heterocycles. The lowest BCUT2D eigenvalue weighted by Gasteiger charge is -2.07. The summed E-state index contributed by atoms with van der Waals surface area (Å²) in [5.41, 5.74) is 15.8. The monoisotopic (exact) mass is 916 g/mol. The third kappa shape index (κ3) is 6.23. The summed E-state index contributed by atoms with van der Waals surface area (Å²) in [5.74, 6) is 0. The number of aromatic nitrogens is 4. The topological polar surface area (TPSA) is 105 Å². The summed E-state index contributed by atoms with van der Waals surface area (Å²) >= 11 is 4.71. The molecule has 6 nitrogen and oxygen atoms in total. The van der Waals surface area contributed by atoms with Crippen molar-refractivity contribution in [2.45, 2.75) is 0 Å². The maximum Gasteiger partial charge on any atom is 0.0991 e. The fraction of sp³-hybridized carbons (Fsp3) is 0. The zero-order valence-electron chi connectivity index (χ0n) is 28.4. The number of nitrogens with one attached hydrogen (secondary N) is 2. The van der Waals surface area contributed by atoms with E-state index in [1.807, 2.05) is 48.5 Å². The number of aromatic amines is 2. The highest BCUT2D eigenvalue weighted by Crippen LogP contribution is 2.39. The molecule has 0 amide bonds. The van der Waals surface area contributed by atoms with Gasteiger partial charge in [-0.3, -0.25) is 0 Å². The Hall–Kier alpha value is -6.08. The first-order valence-electron chi connectivity index (χ1n) is 17.1. The van der Waals surface area contributed by atoms with Crippen molar-refractivity contribution in [1.82, 2.24) is 19.9 Å². The molecule has 4 aromatic carbocycles. The Kier molecular flexibility index (Phi) is 8.78. The average molecular weight is 917 g/mol. The van der Waals surface area contributed by atoms with Crippen LogP contribution < -0.4 is 0 Å². The van der Waals surface area contributed by atoms with E-state index < -0.39 is 0 Å². The van der Waals surface area contributed by atoms with Crippen LogP contribution in [0.2, 0.25) is 0 Å². The lowest BCUT2D eigenvalue weighted by atomic mass is 10.0. The van der Waals surface area contributed by atoms with Crippen molar-refractivity contribution in [3.05, 3.63) is 162 Å². The lowest BCUT2D eigenvalue weighted by molar-refractivity contribution is 1.31. The van der Waals surface area contributed by atoms with Gasteiger partial charge in [0, 0.05) is 51.5 Å². The van der Waals surface area contributed by atoms with Gasteiger partial charge in [-0.25, -0.2) is 9.97 Å². The maximum atomic E-state index is 9.59. The first kappa shape index (κ1) is 33.7. The highest BCUT2D eigenvalue weighted by molar-refractivity contribution is 14.1. The molecule has 54 heavy (non-hydrogen) atoms. The van der Waals surface area contributed by atoms with E-state index in [4.69, 9.17) is 9.97 Å². The third-order valence-corrected chi connectivity index (χ3v) is 10.9. The predicted molar refractivity (Wildman–Crippen MR) is 235 cm³/mol. The first-order valence-corrected chi connectivity index (χ1v) is 19.3. The summed E-state index contributed by atoms with van der Waals surface area (Å²) in [6.07, 6.45) is 8.30. The molecule has 2 aliphatic heterocycles. The zero-order valence-corrected chi connectivity index (χ0v) is 32.7. The van der Waals surface area contributed by atoms with Crippen molar-refractivity contribution < 1.29 is 0 Å². The summed E-state index contributed by atoms with van der Waals surface area (Å²) in [6.45, 7) is 0. The van der Waals surface area contributed by atoms with Crippen LogP contribution in [0.15, 0.2) is 121 Å². The summed E-state index contributed by atoms with van der Waals surface area (Å²) in [5, 5.41) is 19.2. The molecular formula is C46H26I2N6. The number of hydrogen-bond acceptors (Lipinski definition) is 4. The summed E-state index contributed by atoms with van der Waals surface area (Å²) in [4.78, 5) is 18.2. The Labute approximate surface area is 338 Å². The van der Waals surface area contributed by atoms with Crippen molar-refractivity contribution in [3.8, 4) is 56.6 Å². The van der Waals surface area contributed by atoms with E-state index >= 15 is 0 Å². The summed E-state index contributed by atoms with van der Waals surface area (Å²) < 4.78 is 2.23. The van der Waals surface area contributed by atoms with E-state index in [-0.39, 0.29) is 0 Å². The van der Waals surface area contributed by atoms with E-state index in [1.165, 1.54) is 0 Å². The normalized spacial score (nSPS) is 11.7. The molecule has 3 aromatic heterocycles. The van der Waals surface area contributed by atoms with Crippen LogP contribution in [-0.2, 0) is 0 Å². The highest BCUT2D eigenvalue weighted by atomic mass is 127. The van der Waals surface area contributed by atoms with Crippen molar-refractivity contribution in [1.29, 1.82) is 10.5 Å².